The summed E-state index contributed by atoms with van der Waals surface area (Å²) in [7, 11) is 7.90. The highest BCUT2D eigenvalue weighted by atomic mass is 16.7. The molecule has 0 fully saturated rings. The number of rotatable bonds is 10. The van der Waals surface area contributed by atoms with Crippen LogP contribution in [-0.2, 0) is 4.84 Å². The van der Waals surface area contributed by atoms with Gasteiger partial charge in [-0.05, 0) is 44.5 Å². The Morgan fingerprint density at radius 3 is 2.42 bits per heavy atom. The second kappa shape index (κ2) is 10.8. The molecule has 0 saturated carbocycles. The van der Waals surface area contributed by atoms with Gasteiger partial charge in [0.1, 0.15) is 0 Å². The molecular formula is C23H30N6O2. The molecule has 0 atom stereocenters. The van der Waals surface area contributed by atoms with Crippen molar-refractivity contribution >= 4 is 22.7 Å². The molecule has 31 heavy (non-hydrogen) atoms. The number of hydrogen-bond donors (Lipinski definition) is 2. The van der Waals surface area contributed by atoms with Gasteiger partial charge in [0.15, 0.2) is 5.69 Å². The zero-order valence-electron chi connectivity index (χ0n) is 18.6. The van der Waals surface area contributed by atoms with Gasteiger partial charge in [0.2, 0.25) is 5.95 Å². The third-order valence-corrected chi connectivity index (χ3v) is 4.73. The van der Waals surface area contributed by atoms with Crippen molar-refractivity contribution < 1.29 is 9.63 Å². The van der Waals surface area contributed by atoms with Gasteiger partial charge in [0.25, 0.3) is 0 Å². The number of hydroxylamine groups is 1. The summed E-state index contributed by atoms with van der Waals surface area (Å²) < 4.78 is 0. The van der Waals surface area contributed by atoms with E-state index in [2.05, 4.69) is 25.7 Å². The number of nitrogens with one attached hydrogen (secondary N) is 2. The highest BCUT2D eigenvalue weighted by molar-refractivity contribution is 6.03. The number of benzene rings is 2. The van der Waals surface area contributed by atoms with Crippen molar-refractivity contribution in [3.8, 4) is 11.1 Å². The molecule has 0 aliphatic heterocycles. The summed E-state index contributed by atoms with van der Waals surface area (Å²) in [6.45, 7) is 2.74. The van der Waals surface area contributed by atoms with Crippen LogP contribution < -0.4 is 10.8 Å². The molecule has 0 saturated heterocycles. The zero-order chi connectivity index (χ0) is 22.2. The maximum Gasteiger partial charge on any atom is 0.376 e. The van der Waals surface area contributed by atoms with E-state index in [1.807, 2.05) is 75.6 Å². The molecule has 2 aromatic carbocycles. The van der Waals surface area contributed by atoms with Gasteiger partial charge in [-0.25, -0.2) is 14.8 Å². The van der Waals surface area contributed by atoms with Crippen LogP contribution >= 0.6 is 0 Å². The lowest BCUT2D eigenvalue weighted by molar-refractivity contribution is 0.0237. The quantitative estimate of drug-likeness (QED) is 0.381. The predicted molar refractivity (Wildman–Crippen MR) is 124 cm³/mol. The molecule has 8 heteroatoms. The summed E-state index contributed by atoms with van der Waals surface area (Å²) in [4.78, 5) is 31.2. The van der Waals surface area contributed by atoms with E-state index in [-0.39, 0.29) is 5.69 Å². The standard InChI is InChI=1S/C23H30N6O2/c1-28(2)14-12-24-23-25-16-20(19-11-7-9-17-8-5-6-10-18(17)19)21(27-23)22(30)31-26-13-15-29(3)4/h5-11,16,26H,12-15H2,1-4H3,(H,24,25,27). The molecule has 3 rings (SSSR count). The van der Waals surface area contributed by atoms with Crippen LogP contribution in [0.3, 0.4) is 0 Å². The lowest BCUT2D eigenvalue weighted by atomic mass is 9.98. The first-order valence-corrected chi connectivity index (χ1v) is 10.3. The minimum atomic E-state index is -0.542. The summed E-state index contributed by atoms with van der Waals surface area (Å²) >= 11 is 0. The van der Waals surface area contributed by atoms with Crippen LogP contribution in [0, 0.1) is 0 Å². The van der Waals surface area contributed by atoms with Crippen molar-refractivity contribution in [1.82, 2.24) is 25.2 Å². The van der Waals surface area contributed by atoms with Gasteiger partial charge in [-0.2, -0.15) is 5.48 Å². The van der Waals surface area contributed by atoms with E-state index in [1.165, 1.54) is 0 Å². The Hall–Kier alpha value is -3.07. The Morgan fingerprint density at radius 2 is 1.65 bits per heavy atom. The first-order chi connectivity index (χ1) is 15.0. The molecule has 0 aliphatic rings. The molecule has 0 radical (unpaired) electrons. The van der Waals surface area contributed by atoms with E-state index in [0.29, 0.717) is 24.6 Å². The van der Waals surface area contributed by atoms with E-state index >= 15 is 0 Å². The van der Waals surface area contributed by atoms with Crippen molar-refractivity contribution in [2.45, 2.75) is 0 Å². The van der Waals surface area contributed by atoms with Crippen LogP contribution in [0.15, 0.2) is 48.7 Å². The molecule has 8 nitrogen and oxygen atoms in total. The van der Waals surface area contributed by atoms with E-state index in [1.54, 1.807) is 6.20 Å². The van der Waals surface area contributed by atoms with Crippen molar-refractivity contribution in [2.75, 3.05) is 59.7 Å². The molecule has 0 bridgehead atoms. The lowest BCUT2D eigenvalue weighted by Gasteiger charge is -2.14. The van der Waals surface area contributed by atoms with Crippen molar-refractivity contribution in [1.29, 1.82) is 0 Å². The van der Waals surface area contributed by atoms with Crippen LogP contribution in [-0.4, -0.2) is 80.1 Å². The summed E-state index contributed by atoms with van der Waals surface area (Å²) in [5, 5.41) is 5.28. The monoisotopic (exact) mass is 422 g/mol. The Morgan fingerprint density at radius 1 is 0.935 bits per heavy atom. The number of carbonyl (C=O) groups is 1. The molecule has 0 aliphatic carbocycles. The van der Waals surface area contributed by atoms with Crippen LogP contribution in [0.5, 0.6) is 0 Å². The number of anilines is 1. The number of aromatic nitrogens is 2. The summed E-state index contributed by atoms with van der Waals surface area (Å²) in [5.74, 6) is -0.147. The second-order valence-electron chi connectivity index (χ2n) is 7.80. The molecule has 3 aromatic rings. The van der Waals surface area contributed by atoms with Crippen molar-refractivity contribution in [3.05, 3.63) is 54.4 Å². The Bertz CT molecular complexity index is 1020. The summed E-state index contributed by atoms with van der Waals surface area (Å²) in [6, 6.07) is 14.0. The van der Waals surface area contributed by atoms with Crippen molar-refractivity contribution in [3.63, 3.8) is 0 Å². The molecule has 164 valence electrons. The maximum atomic E-state index is 12.9. The largest absolute Gasteiger partial charge is 0.376 e. The van der Waals surface area contributed by atoms with Crippen LogP contribution in [0.2, 0.25) is 0 Å². The normalized spacial score (nSPS) is 11.3. The molecule has 0 amide bonds. The number of likely N-dealkylation sites (N-methyl/N-ethyl adjacent to an activating group) is 2. The third-order valence-electron chi connectivity index (χ3n) is 4.73. The fourth-order valence-corrected chi connectivity index (χ4v) is 3.11. The van der Waals surface area contributed by atoms with Crippen LogP contribution in [0.4, 0.5) is 5.95 Å². The minimum Gasteiger partial charge on any atom is -0.366 e. The smallest absolute Gasteiger partial charge is 0.366 e. The predicted octanol–water partition coefficient (Wildman–Crippen LogP) is 2.49. The van der Waals surface area contributed by atoms with Gasteiger partial charge in [0, 0.05) is 37.9 Å². The summed E-state index contributed by atoms with van der Waals surface area (Å²) in [6.07, 6.45) is 1.68. The van der Waals surface area contributed by atoms with Gasteiger partial charge in [0.05, 0.1) is 0 Å². The SMILES string of the molecule is CN(C)CCNOC(=O)c1nc(NCCN(C)C)ncc1-c1cccc2ccccc12. The van der Waals surface area contributed by atoms with Gasteiger partial charge in [-0.1, -0.05) is 42.5 Å². The van der Waals surface area contributed by atoms with E-state index < -0.39 is 5.97 Å². The second-order valence-corrected chi connectivity index (χ2v) is 7.80. The Kier molecular flexibility index (Phi) is 7.88. The Labute approximate surface area is 183 Å². The first-order valence-electron chi connectivity index (χ1n) is 10.3. The number of hydrogen-bond acceptors (Lipinski definition) is 8. The molecule has 0 unspecified atom stereocenters. The van der Waals surface area contributed by atoms with Crippen LogP contribution in [0.25, 0.3) is 21.9 Å². The molecule has 0 spiro atoms. The van der Waals surface area contributed by atoms with E-state index in [9.17, 15) is 4.79 Å². The molecule has 2 N–H and O–H groups in total. The van der Waals surface area contributed by atoms with Crippen molar-refractivity contribution in [2.24, 2.45) is 0 Å². The first kappa shape index (κ1) is 22.6. The van der Waals surface area contributed by atoms with Gasteiger partial charge < -0.3 is 20.0 Å². The molecule has 1 aromatic heterocycles. The highest BCUT2D eigenvalue weighted by Crippen LogP contribution is 2.30. The topological polar surface area (TPSA) is 82.6 Å². The van der Waals surface area contributed by atoms with Gasteiger partial charge in [-0.3, -0.25) is 0 Å². The van der Waals surface area contributed by atoms with E-state index in [0.717, 1.165) is 29.4 Å². The van der Waals surface area contributed by atoms with Gasteiger partial charge in [-0.15, -0.1) is 0 Å². The maximum absolute atomic E-state index is 12.9. The third kappa shape index (κ3) is 6.21. The zero-order valence-corrected chi connectivity index (χ0v) is 18.6. The molecular weight excluding hydrogens is 392 g/mol. The van der Waals surface area contributed by atoms with Crippen LogP contribution in [0.1, 0.15) is 10.5 Å². The number of carbonyl (C=O) groups excluding carboxylic acids is 1. The summed E-state index contributed by atoms with van der Waals surface area (Å²) in [5.41, 5.74) is 4.47. The Balaban J connectivity index is 1.92. The average molecular weight is 423 g/mol. The molecule has 1 heterocycles. The highest BCUT2D eigenvalue weighted by Gasteiger charge is 2.20. The lowest BCUT2D eigenvalue weighted by Crippen LogP contribution is -2.29. The minimum absolute atomic E-state index is 0.219. The van der Waals surface area contributed by atoms with Gasteiger partial charge >= 0.3 is 5.97 Å². The average Bonchev–Trinajstić information content (AvgIpc) is 2.76. The number of nitrogens with zero attached hydrogens (tertiary/aromatic N) is 4. The fraction of sp³-hybridized carbons (Fsp3) is 0.348. The van der Waals surface area contributed by atoms with E-state index in [4.69, 9.17) is 4.84 Å². The number of fused-ring (bicyclic) bond motifs is 1. The fourth-order valence-electron chi connectivity index (χ4n) is 3.11.